The van der Waals surface area contributed by atoms with Crippen molar-refractivity contribution in [2.24, 2.45) is 0 Å². The summed E-state index contributed by atoms with van der Waals surface area (Å²) < 4.78 is 0. The quantitative estimate of drug-likeness (QED) is 0.687. The first-order valence-electron chi connectivity index (χ1n) is 6.80. The number of fused-ring (bicyclic) bond motifs is 1. The molecule has 0 aliphatic carbocycles. The van der Waals surface area contributed by atoms with Crippen molar-refractivity contribution in [3.63, 3.8) is 0 Å². The van der Waals surface area contributed by atoms with Crippen LogP contribution in [-0.4, -0.2) is 28.3 Å². The van der Waals surface area contributed by atoms with Crippen LogP contribution in [0.1, 0.15) is 10.4 Å². The molecule has 0 radical (unpaired) electrons. The third-order valence-electron chi connectivity index (χ3n) is 3.09. The van der Waals surface area contributed by atoms with Gasteiger partial charge in [-0.2, -0.15) is 0 Å². The molecule has 110 valence electrons. The molecule has 3 aromatic rings. The van der Waals surface area contributed by atoms with E-state index in [1.807, 2.05) is 30.3 Å². The average Bonchev–Trinajstić information content (AvgIpc) is 2.95. The van der Waals surface area contributed by atoms with Gasteiger partial charge < -0.3 is 10.3 Å². The highest BCUT2D eigenvalue weighted by Crippen LogP contribution is 2.12. The Kier molecular flexibility index (Phi) is 3.82. The lowest BCUT2D eigenvalue weighted by molar-refractivity contribution is -0.115. The van der Waals surface area contributed by atoms with Crippen LogP contribution < -0.4 is 10.6 Å². The fourth-order valence-electron chi connectivity index (χ4n) is 2.04. The predicted molar refractivity (Wildman–Crippen MR) is 83.5 cm³/mol. The van der Waals surface area contributed by atoms with Crippen molar-refractivity contribution in [3.05, 3.63) is 60.2 Å². The second-order valence-corrected chi connectivity index (χ2v) is 4.70. The maximum atomic E-state index is 11.8. The smallest absolute Gasteiger partial charge is 0.251 e. The molecule has 22 heavy (non-hydrogen) atoms. The number of hydrogen-bond donors (Lipinski definition) is 3. The molecule has 0 atom stereocenters. The van der Waals surface area contributed by atoms with E-state index in [0.717, 1.165) is 11.0 Å². The highest BCUT2D eigenvalue weighted by Gasteiger charge is 2.09. The predicted octanol–water partition coefficient (Wildman–Crippen LogP) is 1.93. The molecular formula is C16H14N4O2. The van der Waals surface area contributed by atoms with Gasteiger partial charge in [0, 0.05) is 5.56 Å². The maximum Gasteiger partial charge on any atom is 0.251 e. The Morgan fingerprint density at radius 2 is 1.73 bits per heavy atom. The molecule has 3 N–H and O–H groups in total. The lowest BCUT2D eigenvalue weighted by atomic mass is 10.2. The van der Waals surface area contributed by atoms with Gasteiger partial charge in [-0.05, 0) is 24.3 Å². The van der Waals surface area contributed by atoms with E-state index in [0.29, 0.717) is 11.5 Å². The molecular weight excluding hydrogens is 280 g/mol. The van der Waals surface area contributed by atoms with E-state index in [1.165, 1.54) is 0 Å². The molecule has 0 unspecified atom stereocenters. The number of nitrogens with zero attached hydrogens (tertiary/aromatic N) is 1. The van der Waals surface area contributed by atoms with Crippen molar-refractivity contribution >= 4 is 28.8 Å². The van der Waals surface area contributed by atoms with Gasteiger partial charge in [-0.1, -0.05) is 30.3 Å². The topological polar surface area (TPSA) is 86.9 Å². The van der Waals surface area contributed by atoms with Gasteiger partial charge in [-0.3, -0.25) is 14.9 Å². The fraction of sp³-hybridized carbons (Fsp3) is 0.0625. The molecule has 2 aromatic carbocycles. The summed E-state index contributed by atoms with van der Waals surface area (Å²) in [5, 5.41) is 5.18. The number of nitrogens with one attached hydrogen (secondary N) is 3. The van der Waals surface area contributed by atoms with Crippen LogP contribution in [0.25, 0.3) is 11.0 Å². The van der Waals surface area contributed by atoms with E-state index in [2.05, 4.69) is 20.6 Å². The number of aromatic amines is 1. The molecule has 0 aliphatic heterocycles. The third-order valence-corrected chi connectivity index (χ3v) is 3.09. The number of hydrogen-bond acceptors (Lipinski definition) is 3. The molecule has 2 amide bonds. The van der Waals surface area contributed by atoms with Crippen LogP contribution in [-0.2, 0) is 4.79 Å². The molecule has 6 heteroatoms. The zero-order valence-corrected chi connectivity index (χ0v) is 11.7. The number of carbonyl (C=O) groups is 2. The first kappa shape index (κ1) is 13.8. The van der Waals surface area contributed by atoms with E-state index in [1.54, 1.807) is 24.3 Å². The van der Waals surface area contributed by atoms with Crippen LogP contribution in [0.4, 0.5) is 5.95 Å². The van der Waals surface area contributed by atoms with E-state index >= 15 is 0 Å². The second-order valence-electron chi connectivity index (χ2n) is 4.70. The minimum Gasteiger partial charge on any atom is -0.343 e. The van der Waals surface area contributed by atoms with Crippen molar-refractivity contribution in [2.45, 2.75) is 0 Å². The van der Waals surface area contributed by atoms with Gasteiger partial charge in [0.1, 0.15) is 0 Å². The Balaban J connectivity index is 1.57. The Hall–Kier alpha value is -3.15. The van der Waals surface area contributed by atoms with Gasteiger partial charge in [0.25, 0.3) is 5.91 Å². The molecule has 0 fully saturated rings. The van der Waals surface area contributed by atoms with Crippen molar-refractivity contribution < 1.29 is 9.59 Å². The van der Waals surface area contributed by atoms with Crippen LogP contribution in [0.2, 0.25) is 0 Å². The van der Waals surface area contributed by atoms with Crippen molar-refractivity contribution in [3.8, 4) is 0 Å². The lowest BCUT2D eigenvalue weighted by Crippen LogP contribution is -2.33. The number of H-pyrrole nitrogens is 1. The Morgan fingerprint density at radius 1 is 1.00 bits per heavy atom. The zero-order valence-electron chi connectivity index (χ0n) is 11.7. The normalized spacial score (nSPS) is 10.4. The SMILES string of the molecule is O=C(CNC(=O)c1ccccc1)Nc1nc2ccccc2[nH]1. The molecule has 3 rings (SSSR count). The molecule has 1 heterocycles. The first-order valence-corrected chi connectivity index (χ1v) is 6.80. The summed E-state index contributed by atoms with van der Waals surface area (Å²) >= 11 is 0. The molecule has 0 saturated carbocycles. The lowest BCUT2D eigenvalue weighted by Gasteiger charge is -2.04. The summed E-state index contributed by atoms with van der Waals surface area (Å²) in [5.41, 5.74) is 2.12. The molecule has 1 aromatic heterocycles. The number of aromatic nitrogens is 2. The van der Waals surface area contributed by atoms with Gasteiger partial charge in [-0.15, -0.1) is 0 Å². The van der Waals surface area contributed by atoms with Crippen LogP contribution in [0.5, 0.6) is 0 Å². The van der Waals surface area contributed by atoms with Crippen molar-refractivity contribution in [1.82, 2.24) is 15.3 Å². The maximum absolute atomic E-state index is 11.8. The monoisotopic (exact) mass is 294 g/mol. The van der Waals surface area contributed by atoms with Gasteiger partial charge in [0.05, 0.1) is 17.6 Å². The highest BCUT2D eigenvalue weighted by atomic mass is 16.2. The van der Waals surface area contributed by atoms with Crippen LogP contribution >= 0.6 is 0 Å². The Labute approximate surface area is 126 Å². The van der Waals surface area contributed by atoms with Crippen LogP contribution in [0, 0.1) is 0 Å². The number of carbonyl (C=O) groups excluding carboxylic acids is 2. The minimum atomic E-state index is -0.344. The summed E-state index contributed by atoms with van der Waals surface area (Å²) in [4.78, 5) is 30.9. The number of anilines is 1. The molecule has 0 spiro atoms. The number of para-hydroxylation sites is 2. The van der Waals surface area contributed by atoms with Gasteiger partial charge in [0.15, 0.2) is 0 Å². The van der Waals surface area contributed by atoms with E-state index in [4.69, 9.17) is 0 Å². The minimum absolute atomic E-state index is 0.120. The highest BCUT2D eigenvalue weighted by molar-refractivity contribution is 5.99. The van der Waals surface area contributed by atoms with Gasteiger partial charge in [-0.25, -0.2) is 4.98 Å². The molecule has 0 bridgehead atoms. The van der Waals surface area contributed by atoms with Crippen LogP contribution in [0.3, 0.4) is 0 Å². The Morgan fingerprint density at radius 3 is 2.50 bits per heavy atom. The standard InChI is InChI=1S/C16H14N4O2/c21-14(10-17-15(22)11-6-2-1-3-7-11)20-16-18-12-8-4-5-9-13(12)19-16/h1-9H,10H2,(H,17,22)(H2,18,19,20,21). The number of amides is 2. The van der Waals surface area contributed by atoms with Crippen LogP contribution in [0.15, 0.2) is 54.6 Å². The number of benzene rings is 2. The average molecular weight is 294 g/mol. The van der Waals surface area contributed by atoms with E-state index < -0.39 is 0 Å². The van der Waals surface area contributed by atoms with Gasteiger partial charge >= 0.3 is 0 Å². The largest absolute Gasteiger partial charge is 0.343 e. The molecule has 0 saturated heterocycles. The summed E-state index contributed by atoms with van der Waals surface area (Å²) in [6.45, 7) is -0.120. The zero-order chi connectivity index (χ0) is 15.4. The van der Waals surface area contributed by atoms with E-state index in [9.17, 15) is 9.59 Å². The van der Waals surface area contributed by atoms with Gasteiger partial charge in [0.2, 0.25) is 11.9 Å². The Bertz CT molecular complexity index is 778. The number of rotatable bonds is 4. The summed E-state index contributed by atoms with van der Waals surface area (Å²) in [6, 6.07) is 16.2. The van der Waals surface area contributed by atoms with E-state index in [-0.39, 0.29) is 18.4 Å². The van der Waals surface area contributed by atoms with Crippen molar-refractivity contribution in [1.29, 1.82) is 0 Å². The summed E-state index contributed by atoms with van der Waals surface area (Å²) in [5.74, 6) is -0.274. The summed E-state index contributed by atoms with van der Waals surface area (Å²) in [7, 11) is 0. The molecule has 6 nitrogen and oxygen atoms in total. The van der Waals surface area contributed by atoms with Crippen molar-refractivity contribution in [2.75, 3.05) is 11.9 Å². The molecule has 0 aliphatic rings. The number of imidazole rings is 1. The fourth-order valence-corrected chi connectivity index (χ4v) is 2.04. The second kappa shape index (κ2) is 6.09. The summed E-state index contributed by atoms with van der Waals surface area (Å²) in [6.07, 6.45) is 0. The third kappa shape index (κ3) is 3.12. The first-order chi connectivity index (χ1) is 10.7.